The van der Waals surface area contributed by atoms with Gasteiger partial charge in [0.05, 0.1) is 12.2 Å². The Morgan fingerprint density at radius 1 is 0.867 bits per heavy atom. The van der Waals surface area contributed by atoms with E-state index in [0.29, 0.717) is 12.5 Å². The molecule has 2 aliphatic rings. The predicted molar refractivity (Wildman–Crippen MR) is 119 cm³/mol. The number of hydrogen-bond acceptors (Lipinski definition) is 1. The van der Waals surface area contributed by atoms with E-state index in [2.05, 4.69) is 18.8 Å². The molecule has 1 nitrogen and oxygen atoms in total. The maximum Gasteiger partial charge on any atom is 0.201 e. The van der Waals surface area contributed by atoms with E-state index in [4.69, 9.17) is 4.74 Å². The molecule has 0 unspecified atom stereocenters. The summed E-state index contributed by atoms with van der Waals surface area (Å²) in [7, 11) is 0. The van der Waals surface area contributed by atoms with Crippen LogP contribution in [0.5, 0.6) is 5.75 Å². The van der Waals surface area contributed by atoms with Gasteiger partial charge in [0.25, 0.3) is 0 Å². The largest absolute Gasteiger partial charge is 0.491 e. The Balaban J connectivity index is 1.45. The summed E-state index contributed by atoms with van der Waals surface area (Å²) in [5.41, 5.74) is 0.138. The van der Waals surface area contributed by atoms with Gasteiger partial charge >= 0.3 is 0 Å². The lowest BCUT2D eigenvalue weighted by molar-refractivity contribution is 0.153. The van der Waals surface area contributed by atoms with E-state index in [-0.39, 0.29) is 11.3 Å². The molecular formula is C27H38F2O. The monoisotopic (exact) mass is 416 g/mol. The minimum atomic E-state index is -0.933. The number of benzene rings is 1. The summed E-state index contributed by atoms with van der Waals surface area (Å²) in [4.78, 5) is 0. The quantitative estimate of drug-likeness (QED) is 0.324. The highest BCUT2D eigenvalue weighted by Gasteiger charge is 2.30. The zero-order valence-electron chi connectivity index (χ0n) is 18.8. The first-order chi connectivity index (χ1) is 14.6. The molecule has 3 heteroatoms. The Labute approximate surface area is 182 Å². The van der Waals surface area contributed by atoms with Gasteiger partial charge in [-0.25, -0.2) is 4.39 Å². The lowest BCUT2D eigenvalue weighted by Gasteiger charge is -2.37. The number of rotatable bonds is 7. The summed E-state index contributed by atoms with van der Waals surface area (Å²) in [6.07, 6.45) is 15.9. The highest BCUT2D eigenvalue weighted by atomic mass is 19.2. The molecule has 0 amide bonds. The summed E-state index contributed by atoms with van der Waals surface area (Å²) in [6.45, 7) is 4.34. The summed E-state index contributed by atoms with van der Waals surface area (Å²) in [5, 5.41) is 0. The second-order valence-electron chi connectivity index (χ2n) is 9.33. The van der Waals surface area contributed by atoms with Gasteiger partial charge in [0.1, 0.15) is 0 Å². The summed E-state index contributed by atoms with van der Waals surface area (Å²) < 4.78 is 33.3. The number of ether oxygens (including phenoxy) is 1. The van der Waals surface area contributed by atoms with Gasteiger partial charge in [-0.15, -0.1) is 0 Å². The van der Waals surface area contributed by atoms with Crippen molar-refractivity contribution in [2.75, 3.05) is 6.61 Å². The molecule has 166 valence electrons. The highest BCUT2D eigenvalue weighted by Crippen LogP contribution is 2.42. The number of halogens is 2. The van der Waals surface area contributed by atoms with Crippen LogP contribution in [0.1, 0.15) is 96.5 Å². The average Bonchev–Trinajstić information content (AvgIpc) is 2.78. The van der Waals surface area contributed by atoms with Gasteiger partial charge in [0, 0.05) is 5.92 Å². The van der Waals surface area contributed by atoms with E-state index in [0.717, 1.165) is 30.6 Å². The van der Waals surface area contributed by atoms with Crippen LogP contribution in [0.25, 0.3) is 0 Å². The Morgan fingerprint density at radius 3 is 2.17 bits per heavy atom. The first-order valence-corrected chi connectivity index (χ1v) is 12.2. The van der Waals surface area contributed by atoms with E-state index in [9.17, 15) is 8.78 Å². The van der Waals surface area contributed by atoms with Crippen LogP contribution in [-0.4, -0.2) is 6.61 Å². The summed E-state index contributed by atoms with van der Waals surface area (Å²) in [6, 6.07) is 3.00. The van der Waals surface area contributed by atoms with Gasteiger partial charge in [0.15, 0.2) is 11.6 Å². The molecule has 0 atom stereocenters. The Hall–Kier alpha value is -1.56. The molecule has 1 aromatic rings. The van der Waals surface area contributed by atoms with Crippen molar-refractivity contribution >= 4 is 0 Å². The van der Waals surface area contributed by atoms with Gasteiger partial charge < -0.3 is 4.74 Å². The van der Waals surface area contributed by atoms with Crippen molar-refractivity contribution in [2.45, 2.75) is 90.9 Å². The molecule has 0 aromatic heterocycles. The van der Waals surface area contributed by atoms with Crippen molar-refractivity contribution in [3.8, 4) is 17.6 Å². The molecule has 1 aromatic carbocycles. The molecule has 0 aliphatic heterocycles. The Bertz CT molecular complexity index is 716. The van der Waals surface area contributed by atoms with E-state index in [1.807, 2.05) is 0 Å². The SMILES string of the molecule is CCCCCC1CCC(C2CCC(C#Cc3ccc(OCC)c(F)c3F)CC2)CC1. The molecule has 0 bridgehead atoms. The summed E-state index contributed by atoms with van der Waals surface area (Å²) in [5.74, 6) is 7.28. The van der Waals surface area contributed by atoms with Crippen molar-refractivity contribution in [1.29, 1.82) is 0 Å². The van der Waals surface area contributed by atoms with Crippen molar-refractivity contribution < 1.29 is 13.5 Å². The van der Waals surface area contributed by atoms with E-state index < -0.39 is 11.6 Å². The van der Waals surface area contributed by atoms with Gasteiger partial charge in [-0.05, 0) is 75.3 Å². The fourth-order valence-electron chi connectivity index (χ4n) is 5.44. The Kier molecular flexibility index (Phi) is 9.04. The average molecular weight is 417 g/mol. The van der Waals surface area contributed by atoms with Crippen molar-refractivity contribution in [2.24, 2.45) is 23.7 Å². The van der Waals surface area contributed by atoms with Crippen LogP contribution >= 0.6 is 0 Å². The molecule has 0 saturated heterocycles. The molecule has 0 radical (unpaired) electrons. The van der Waals surface area contributed by atoms with Crippen LogP contribution < -0.4 is 4.74 Å². The third kappa shape index (κ3) is 6.22. The molecule has 2 aliphatic carbocycles. The smallest absolute Gasteiger partial charge is 0.201 e. The van der Waals surface area contributed by atoms with Crippen LogP contribution in [0.2, 0.25) is 0 Å². The van der Waals surface area contributed by atoms with Crippen molar-refractivity contribution in [3.05, 3.63) is 29.3 Å². The molecular weight excluding hydrogens is 378 g/mol. The molecule has 0 N–H and O–H groups in total. The highest BCUT2D eigenvalue weighted by molar-refractivity contribution is 5.41. The van der Waals surface area contributed by atoms with Crippen LogP contribution in [0, 0.1) is 47.1 Å². The maximum atomic E-state index is 14.2. The number of unbranched alkanes of at least 4 members (excludes halogenated alkanes) is 2. The van der Waals surface area contributed by atoms with Crippen molar-refractivity contribution in [3.63, 3.8) is 0 Å². The van der Waals surface area contributed by atoms with E-state index in [1.54, 1.807) is 6.92 Å². The number of hydrogen-bond donors (Lipinski definition) is 0. The first-order valence-electron chi connectivity index (χ1n) is 12.2. The minimum absolute atomic E-state index is 0.0406. The van der Waals surface area contributed by atoms with Crippen molar-refractivity contribution in [1.82, 2.24) is 0 Å². The first kappa shape index (κ1) is 23.1. The van der Waals surface area contributed by atoms with E-state index >= 15 is 0 Å². The maximum absolute atomic E-state index is 14.2. The van der Waals surface area contributed by atoms with Gasteiger partial charge in [-0.2, -0.15) is 4.39 Å². The lowest BCUT2D eigenvalue weighted by atomic mass is 9.69. The molecule has 0 heterocycles. The predicted octanol–water partition coefficient (Wildman–Crippen LogP) is 7.91. The van der Waals surface area contributed by atoms with Gasteiger partial charge in [-0.3, -0.25) is 0 Å². The fourth-order valence-corrected chi connectivity index (χ4v) is 5.44. The van der Waals surface area contributed by atoms with Crippen LogP contribution in [0.4, 0.5) is 8.78 Å². The van der Waals surface area contributed by atoms with Gasteiger partial charge in [-0.1, -0.05) is 57.3 Å². The van der Waals surface area contributed by atoms with Crippen LogP contribution in [0.15, 0.2) is 12.1 Å². The van der Waals surface area contributed by atoms with Crippen LogP contribution in [-0.2, 0) is 0 Å². The zero-order chi connectivity index (χ0) is 21.3. The Morgan fingerprint density at radius 2 is 1.53 bits per heavy atom. The second kappa shape index (κ2) is 11.7. The third-order valence-corrected chi connectivity index (χ3v) is 7.30. The standard InChI is InChI=1S/C27H38F2O/c1-3-5-6-7-20-8-13-22(14-9-20)23-15-10-21(11-16-23)12-17-24-18-19-25(30-4-2)27(29)26(24)28/h18-23H,3-11,13-16H2,1-2H3. The molecule has 2 fully saturated rings. The van der Waals surface area contributed by atoms with Gasteiger partial charge in [0.2, 0.25) is 5.82 Å². The zero-order valence-corrected chi connectivity index (χ0v) is 18.8. The molecule has 2 saturated carbocycles. The van der Waals surface area contributed by atoms with Crippen LogP contribution in [0.3, 0.4) is 0 Å². The second-order valence-corrected chi connectivity index (χ2v) is 9.33. The molecule has 30 heavy (non-hydrogen) atoms. The normalized spacial score (nSPS) is 26.7. The fraction of sp³-hybridized carbons (Fsp3) is 0.704. The van der Waals surface area contributed by atoms with E-state index in [1.165, 1.54) is 76.3 Å². The molecule has 3 rings (SSSR count). The third-order valence-electron chi connectivity index (χ3n) is 7.30. The summed E-state index contributed by atoms with van der Waals surface area (Å²) >= 11 is 0. The minimum Gasteiger partial charge on any atom is -0.491 e. The topological polar surface area (TPSA) is 9.23 Å². The molecule has 0 spiro atoms. The lowest BCUT2D eigenvalue weighted by Crippen LogP contribution is -2.25.